The molecule has 0 spiro atoms. The van der Waals surface area contributed by atoms with Gasteiger partial charge in [0.2, 0.25) is 11.8 Å². The summed E-state index contributed by atoms with van der Waals surface area (Å²) < 4.78 is 26.5. The average molecular weight is 721 g/mol. The maximum atomic E-state index is 15.0. The van der Waals surface area contributed by atoms with Crippen LogP contribution in [0.2, 0.25) is 0 Å². The highest BCUT2D eigenvalue weighted by molar-refractivity contribution is 7.99. The van der Waals surface area contributed by atoms with E-state index in [1.807, 2.05) is 12.1 Å². The minimum atomic E-state index is -0.599. The molecule has 2 aromatic carbocycles. The molecule has 0 aliphatic carbocycles. The lowest BCUT2D eigenvalue weighted by Crippen LogP contribution is -2.47. The molecule has 7 rings (SSSR count). The Hall–Kier alpha value is -3.68. The third-order valence-corrected chi connectivity index (χ3v) is 12.3. The number of carbonyl (C=O) groups is 2. The molecule has 1 atom stereocenters. The molecule has 274 valence electrons. The lowest BCUT2D eigenvalue weighted by Gasteiger charge is -2.36. The van der Waals surface area contributed by atoms with Gasteiger partial charge in [-0.1, -0.05) is 0 Å². The molecule has 1 aromatic heterocycles. The minimum absolute atomic E-state index is 0.0172. The van der Waals surface area contributed by atoms with E-state index in [9.17, 15) is 18.8 Å². The number of H-pyrrole nitrogens is 1. The fourth-order valence-electron chi connectivity index (χ4n) is 7.68. The Kier molecular flexibility index (Phi) is 11.7. The van der Waals surface area contributed by atoms with Gasteiger partial charge in [-0.2, -0.15) is 11.8 Å². The van der Waals surface area contributed by atoms with E-state index in [1.165, 1.54) is 31.0 Å². The number of anilines is 2. The Morgan fingerprint density at radius 2 is 1.69 bits per heavy atom. The number of hydrogen-bond donors (Lipinski definition) is 3. The number of benzene rings is 2. The number of likely N-dealkylation sites (tertiary alicyclic amines) is 1. The van der Waals surface area contributed by atoms with Crippen molar-refractivity contribution in [1.29, 1.82) is 0 Å². The van der Waals surface area contributed by atoms with Crippen LogP contribution in [0, 0.1) is 17.7 Å². The number of nitrogens with zero attached hydrogens (tertiary/aromatic N) is 3. The smallest absolute Gasteiger partial charge is 0.261 e. The Morgan fingerprint density at radius 3 is 2.43 bits per heavy atom. The lowest BCUT2D eigenvalue weighted by molar-refractivity contribution is -0.133. The van der Waals surface area contributed by atoms with Crippen LogP contribution in [0.25, 0.3) is 10.9 Å². The highest BCUT2D eigenvalue weighted by Gasteiger charge is 2.27. The molecular weight excluding hydrogens is 672 g/mol. The summed E-state index contributed by atoms with van der Waals surface area (Å²) in [4.78, 5) is 48.5. The Labute approximate surface area is 302 Å². The second-order valence-corrected chi connectivity index (χ2v) is 15.7. The molecule has 13 heteroatoms. The number of amides is 2. The van der Waals surface area contributed by atoms with Crippen molar-refractivity contribution in [1.82, 2.24) is 20.2 Å². The standard InChI is InChI=1S/C38H49FN6O5S/c39-31-21-29(22-33-36(31)38(48)42-34(41-33)24-51-30-12-19-49-20-13-30)50-23-26-8-15-44(16-9-26)14-7-25-10-17-45(18-11-25)28-3-1-27(2-4-28)40-32-5-6-35(46)43-37(32)47/h1-4,21-22,25-26,30,32,40H,5-20,23-24H2,(H,41,42,48)(H,43,46,47). The largest absolute Gasteiger partial charge is 0.493 e. The maximum Gasteiger partial charge on any atom is 0.261 e. The van der Waals surface area contributed by atoms with Crippen LogP contribution in [0.3, 0.4) is 0 Å². The zero-order valence-electron chi connectivity index (χ0n) is 29.2. The van der Waals surface area contributed by atoms with E-state index in [0.29, 0.717) is 53.5 Å². The van der Waals surface area contributed by atoms with Crippen LogP contribution in [-0.2, 0) is 20.1 Å². The first-order valence-electron chi connectivity index (χ1n) is 18.6. The number of hydrogen-bond acceptors (Lipinski definition) is 10. The van der Waals surface area contributed by atoms with Gasteiger partial charge in [0, 0.05) is 61.5 Å². The SMILES string of the molecule is O=C1CCC(Nc2ccc(N3CCC(CCN4CCC(COc5cc(F)c6c(=O)[nH]c(CSC7CCOCC7)nc6c5)CC4)CC3)cc2)C(=O)N1. The first-order chi connectivity index (χ1) is 24.9. The summed E-state index contributed by atoms with van der Waals surface area (Å²) in [5.41, 5.74) is 1.99. The Balaban J connectivity index is 0.810. The van der Waals surface area contributed by atoms with Gasteiger partial charge < -0.3 is 29.6 Å². The van der Waals surface area contributed by atoms with E-state index < -0.39 is 11.4 Å². The number of halogens is 1. The van der Waals surface area contributed by atoms with Gasteiger partial charge >= 0.3 is 0 Å². The van der Waals surface area contributed by atoms with Crippen molar-refractivity contribution in [2.24, 2.45) is 11.8 Å². The quantitative estimate of drug-likeness (QED) is 0.218. The lowest BCUT2D eigenvalue weighted by atomic mass is 9.92. The number of rotatable bonds is 12. The first kappa shape index (κ1) is 35.7. The third kappa shape index (κ3) is 9.41. The molecule has 5 heterocycles. The normalized spacial score (nSPS) is 21.6. The number of imide groups is 1. The second-order valence-electron chi connectivity index (χ2n) is 14.4. The monoisotopic (exact) mass is 720 g/mol. The average Bonchev–Trinajstić information content (AvgIpc) is 3.14. The minimum Gasteiger partial charge on any atom is -0.493 e. The van der Waals surface area contributed by atoms with Gasteiger partial charge in [-0.15, -0.1) is 0 Å². The second kappa shape index (κ2) is 16.8. The van der Waals surface area contributed by atoms with Gasteiger partial charge in [0.05, 0.1) is 17.9 Å². The fourth-order valence-corrected chi connectivity index (χ4v) is 8.73. The predicted molar refractivity (Wildman–Crippen MR) is 198 cm³/mol. The molecule has 4 aliphatic rings. The fraction of sp³-hybridized carbons (Fsp3) is 0.579. The highest BCUT2D eigenvalue weighted by Crippen LogP contribution is 2.29. The molecule has 51 heavy (non-hydrogen) atoms. The van der Waals surface area contributed by atoms with E-state index >= 15 is 0 Å². The summed E-state index contributed by atoms with van der Waals surface area (Å²) in [6.45, 7) is 7.34. The summed E-state index contributed by atoms with van der Waals surface area (Å²) in [6, 6.07) is 10.9. The van der Waals surface area contributed by atoms with Gasteiger partial charge in [0.1, 0.15) is 28.8 Å². The van der Waals surface area contributed by atoms with E-state index in [-0.39, 0.29) is 23.2 Å². The van der Waals surface area contributed by atoms with E-state index in [4.69, 9.17) is 9.47 Å². The van der Waals surface area contributed by atoms with Crippen molar-refractivity contribution in [3.05, 3.63) is 58.4 Å². The van der Waals surface area contributed by atoms with E-state index in [2.05, 4.69) is 42.5 Å². The van der Waals surface area contributed by atoms with Crippen molar-refractivity contribution in [3.8, 4) is 5.75 Å². The topological polar surface area (TPSA) is 129 Å². The number of carbonyl (C=O) groups excluding carboxylic acids is 2. The maximum absolute atomic E-state index is 15.0. The predicted octanol–water partition coefficient (Wildman–Crippen LogP) is 5.09. The first-order valence-corrected chi connectivity index (χ1v) is 19.6. The van der Waals surface area contributed by atoms with Crippen LogP contribution in [0.4, 0.5) is 15.8 Å². The van der Waals surface area contributed by atoms with Crippen LogP contribution in [-0.4, -0.2) is 90.5 Å². The number of thioether (sulfide) groups is 1. The molecule has 4 aliphatic heterocycles. The van der Waals surface area contributed by atoms with Crippen molar-refractivity contribution >= 4 is 45.9 Å². The number of piperidine rings is 3. The molecule has 0 bridgehead atoms. The molecule has 3 aromatic rings. The van der Waals surface area contributed by atoms with Gasteiger partial charge in [-0.05, 0) is 107 Å². The van der Waals surface area contributed by atoms with Crippen molar-refractivity contribution < 1.29 is 23.5 Å². The third-order valence-electron chi connectivity index (χ3n) is 10.9. The molecular formula is C38H49FN6O5S. The molecule has 4 fully saturated rings. The number of nitrogens with one attached hydrogen (secondary N) is 3. The molecule has 0 saturated carbocycles. The molecule has 3 N–H and O–H groups in total. The Morgan fingerprint density at radius 1 is 0.941 bits per heavy atom. The summed E-state index contributed by atoms with van der Waals surface area (Å²) in [7, 11) is 0. The van der Waals surface area contributed by atoms with Crippen molar-refractivity contribution in [2.45, 2.75) is 74.8 Å². The number of ether oxygens (including phenoxy) is 2. The highest BCUT2D eigenvalue weighted by atomic mass is 32.2. The van der Waals surface area contributed by atoms with Gasteiger partial charge in [0.25, 0.3) is 5.56 Å². The van der Waals surface area contributed by atoms with Crippen LogP contribution in [0.15, 0.2) is 41.2 Å². The number of fused-ring (bicyclic) bond motifs is 1. The van der Waals surface area contributed by atoms with Gasteiger partial charge in [-0.3, -0.25) is 19.7 Å². The molecule has 11 nitrogen and oxygen atoms in total. The zero-order chi connectivity index (χ0) is 35.2. The van der Waals surface area contributed by atoms with Crippen LogP contribution in [0.1, 0.15) is 63.6 Å². The number of aromatic amines is 1. The van der Waals surface area contributed by atoms with Crippen LogP contribution < -0.4 is 25.8 Å². The molecule has 4 saturated heterocycles. The molecule has 1 unspecified atom stereocenters. The van der Waals surface area contributed by atoms with E-state index in [0.717, 1.165) is 83.2 Å². The summed E-state index contributed by atoms with van der Waals surface area (Å²) in [5, 5.41) is 6.11. The van der Waals surface area contributed by atoms with Crippen molar-refractivity contribution in [2.75, 3.05) is 62.8 Å². The van der Waals surface area contributed by atoms with Gasteiger partial charge in [0.15, 0.2) is 0 Å². The summed E-state index contributed by atoms with van der Waals surface area (Å²) in [6.07, 6.45) is 8.53. The van der Waals surface area contributed by atoms with Crippen LogP contribution >= 0.6 is 11.8 Å². The van der Waals surface area contributed by atoms with Gasteiger partial charge in [-0.25, -0.2) is 9.37 Å². The summed E-state index contributed by atoms with van der Waals surface area (Å²) >= 11 is 1.76. The summed E-state index contributed by atoms with van der Waals surface area (Å²) in [5.74, 6) is 1.63. The molecule has 2 amide bonds. The molecule has 0 radical (unpaired) electrons. The number of aromatic nitrogens is 2. The zero-order valence-corrected chi connectivity index (χ0v) is 30.0. The van der Waals surface area contributed by atoms with Crippen LogP contribution in [0.5, 0.6) is 5.75 Å². The van der Waals surface area contributed by atoms with E-state index in [1.54, 1.807) is 17.8 Å². The Bertz CT molecular complexity index is 1720. The van der Waals surface area contributed by atoms with Crippen molar-refractivity contribution in [3.63, 3.8) is 0 Å².